The van der Waals surface area contributed by atoms with Crippen molar-refractivity contribution < 1.29 is 19.6 Å². The minimum Gasteiger partial charge on any atom is -0.481 e. The molecule has 7 nitrogen and oxygen atoms in total. The molecule has 124 valence electrons. The summed E-state index contributed by atoms with van der Waals surface area (Å²) in [6.45, 7) is 0. The number of carbonyl (C=O) groups is 2. The fraction of sp³-hybridized carbons (Fsp3) is 0.500. The molecule has 0 radical (unpaired) electrons. The van der Waals surface area contributed by atoms with Gasteiger partial charge in [0.2, 0.25) is 5.91 Å². The standard InChI is InChI=1S/C16H20N2O5/c19-14(17-12-6-5-7-13(10-12)18(22)23)11-16(15(20)21)8-3-1-2-4-9-16/h5-7,10H,1-4,8-9,11H2,(H,17,19)(H,20,21). The molecule has 1 aromatic carbocycles. The third kappa shape index (κ3) is 4.28. The molecule has 0 bridgehead atoms. The number of carboxylic acids is 1. The van der Waals surface area contributed by atoms with Crippen molar-refractivity contribution >= 4 is 23.3 Å². The first-order valence-corrected chi connectivity index (χ1v) is 7.71. The molecule has 1 amide bonds. The predicted octanol–water partition coefficient (Wildman–Crippen LogP) is 3.35. The van der Waals surface area contributed by atoms with Crippen LogP contribution < -0.4 is 5.32 Å². The van der Waals surface area contributed by atoms with Crippen LogP contribution in [-0.4, -0.2) is 21.9 Å². The van der Waals surface area contributed by atoms with E-state index in [1.54, 1.807) is 6.07 Å². The highest BCUT2D eigenvalue weighted by Gasteiger charge is 2.40. The summed E-state index contributed by atoms with van der Waals surface area (Å²) in [6.07, 6.45) is 4.45. The number of hydrogen-bond donors (Lipinski definition) is 2. The van der Waals surface area contributed by atoms with Gasteiger partial charge in [-0.25, -0.2) is 0 Å². The molecular weight excluding hydrogens is 300 g/mol. The third-order valence-corrected chi connectivity index (χ3v) is 4.35. The van der Waals surface area contributed by atoms with Crippen molar-refractivity contribution in [1.29, 1.82) is 0 Å². The van der Waals surface area contributed by atoms with Gasteiger partial charge in [-0.05, 0) is 18.9 Å². The van der Waals surface area contributed by atoms with Crippen molar-refractivity contribution in [3.05, 3.63) is 34.4 Å². The molecule has 0 heterocycles. The first-order chi connectivity index (χ1) is 10.9. The van der Waals surface area contributed by atoms with Crippen LogP contribution in [0, 0.1) is 15.5 Å². The van der Waals surface area contributed by atoms with Gasteiger partial charge in [-0.15, -0.1) is 0 Å². The number of aliphatic carboxylic acids is 1. The SMILES string of the molecule is O=C(CC1(C(=O)O)CCCCCC1)Nc1cccc([N+](=O)[O-])c1. The highest BCUT2D eigenvalue weighted by atomic mass is 16.6. The normalized spacial score (nSPS) is 17.0. The summed E-state index contributed by atoms with van der Waals surface area (Å²) in [6, 6.07) is 5.62. The Labute approximate surface area is 133 Å². The van der Waals surface area contributed by atoms with Crippen LogP contribution in [0.3, 0.4) is 0 Å². The van der Waals surface area contributed by atoms with Gasteiger partial charge in [-0.1, -0.05) is 31.7 Å². The number of hydrogen-bond acceptors (Lipinski definition) is 4. The predicted molar refractivity (Wildman–Crippen MR) is 84.1 cm³/mol. The summed E-state index contributed by atoms with van der Waals surface area (Å²) in [5.74, 6) is -1.36. The van der Waals surface area contributed by atoms with E-state index in [1.807, 2.05) is 0 Å². The zero-order chi connectivity index (χ0) is 16.9. The summed E-state index contributed by atoms with van der Waals surface area (Å²) >= 11 is 0. The minimum atomic E-state index is -1.03. The van der Waals surface area contributed by atoms with E-state index >= 15 is 0 Å². The van der Waals surface area contributed by atoms with Gasteiger partial charge in [-0.3, -0.25) is 19.7 Å². The summed E-state index contributed by atoms with van der Waals surface area (Å²) in [7, 11) is 0. The van der Waals surface area contributed by atoms with Crippen molar-refractivity contribution in [2.45, 2.75) is 44.9 Å². The molecule has 0 spiro atoms. The Bertz CT molecular complexity index is 606. The zero-order valence-corrected chi connectivity index (χ0v) is 12.8. The summed E-state index contributed by atoms with van der Waals surface area (Å²) in [5.41, 5.74) is -0.843. The van der Waals surface area contributed by atoms with Gasteiger partial charge >= 0.3 is 5.97 Å². The van der Waals surface area contributed by atoms with Crippen LogP contribution in [0.15, 0.2) is 24.3 Å². The van der Waals surface area contributed by atoms with Crippen LogP contribution in [0.25, 0.3) is 0 Å². The maximum absolute atomic E-state index is 12.2. The van der Waals surface area contributed by atoms with Gasteiger partial charge < -0.3 is 10.4 Å². The smallest absolute Gasteiger partial charge is 0.310 e. The fourth-order valence-corrected chi connectivity index (χ4v) is 3.08. The second-order valence-corrected chi connectivity index (χ2v) is 6.03. The summed E-state index contributed by atoms with van der Waals surface area (Å²) in [4.78, 5) is 34.1. The van der Waals surface area contributed by atoms with Crippen LogP contribution >= 0.6 is 0 Å². The van der Waals surface area contributed by atoms with Gasteiger partial charge in [0.15, 0.2) is 0 Å². The molecule has 2 N–H and O–H groups in total. The van der Waals surface area contributed by atoms with Crippen LogP contribution in [0.1, 0.15) is 44.9 Å². The highest BCUT2D eigenvalue weighted by molar-refractivity contribution is 5.94. The number of non-ortho nitro benzene ring substituents is 1. The zero-order valence-electron chi connectivity index (χ0n) is 12.8. The number of nitro groups is 1. The maximum atomic E-state index is 12.2. The number of nitro benzene ring substituents is 1. The van der Waals surface area contributed by atoms with Gasteiger partial charge in [0, 0.05) is 24.2 Å². The molecule has 0 aliphatic heterocycles. The van der Waals surface area contributed by atoms with Gasteiger partial charge in [0.05, 0.1) is 10.3 Å². The molecule has 1 aromatic rings. The summed E-state index contributed by atoms with van der Waals surface area (Å²) < 4.78 is 0. The molecular formula is C16H20N2O5. The first-order valence-electron chi connectivity index (χ1n) is 7.71. The first kappa shape index (κ1) is 16.9. The van der Waals surface area contributed by atoms with E-state index < -0.39 is 22.2 Å². The molecule has 0 aromatic heterocycles. The van der Waals surface area contributed by atoms with E-state index in [-0.39, 0.29) is 12.1 Å². The lowest BCUT2D eigenvalue weighted by atomic mass is 9.77. The second kappa shape index (κ2) is 7.21. The lowest BCUT2D eigenvalue weighted by Gasteiger charge is -2.27. The largest absolute Gasteiger partial charge is 0.481 e. The lowest BCUT2D eigenvalue weighted by Crippen LogP contribution is -2.35. The van der Waals surface area contributed by atoms with E-state index in [2.05, 4.69) is 5.32 Å². The maximum Gasteiger partial charge on any atom is 0.310 e. The van der Waals surface area contributed by atoms with Crippen molar-refractivity contribution in [2.24, 2.45) is 5.41 Å². The lowest BCUT2D eigenvalue weighted by molar-refractivity contribution is -0.384. The number of nitrogens with zero attached hydrogens (tertiary/aromatic N) is 1. The number of nitrogens with one attached hydrogen (secondary N) is 1. The second-order valence-electron chi connectivity index (χ2n) is 6.03. The van der Waals surface area contributed by atoms with E-state index in [0.29, 0.717) is 18.5 Å². The molecule has 0 unspecified atom stereocenters. The topological polar surface area (TPSA) is 110 Å². The average molecular weight is 320 g/mol. The number of rotatable bonds is 5. The van der Waals surface area contributed by atoms with Crippen molar-refractivity contribution in [3.63, 3.8) is 0 Å². The van der Waals surface area contributed by atoms with Crippen LogP contribution in [0.4, 0.5) is 11.4 Å². The van der Waals surface area contributed by atoms with Gasteiger partial charge in [-0.2, -0.15) is 0 Å². The Balaban J connectivity index is 2.09. The number of amides is 1. The van der Waals surface area contributed by atoms with Crippen LogP contribution in [0.5, 0.6) is 0 Å². The van der Waals surface area contributed by atoms with Crippen molar-refractivity contribution in [3.8, 4) is 0 Å². The molecule has 1 aliphatic rings. The number of anilines is 1. The summed E-state index contributed by atoms with van der Waals surface area (Å²) in [5, 5.41) is 22.9. The highest BCUT2D eigenvalue weighted by Crippen LogP contribution is 2.38. The fourth-order valence-electron chi connectivity index (χ4n) is 3.08. The van der Waals surface area contributed by atoms with E-state index in [0.717, 1.165) is 25.7 Å². The Hall–Kier alpha value is -2.44. The monoisotopic (exact) mass is 320 g/mol. The van der Waals surface area contributed by atoms with Crippen molar-refractivity contribution in [1.82, 2.24) is 0 Å². The molecule has 0 atom stereocenters. The number of carboxylic acid groups (broad SMARTS) is 1. The molecule has 1 saturated carbocycles. The van der Waals surface area contributed by atoms with Gasteiger partial charge in [0.1, 0.15) is 0 Å². The Morgan fingerprint density at radius 2 is 1.87 bits per heavy atom. The molecule has 1 fully saturated rings. The average Bonchev–Trinajstić information content (AvgIpc) is 2.74. The molecule has 23 heavy (non-hydrogen) atoms. The number of carbonyl (C=O) groups excluding carboxylic acids is 1. The molecule has 7 heteroatoms. The molecule has 0 saturated heterocycles. The Morgan fingerprint density at radius 3 is 2.43 bits per heavy atom. The molecule has 2 rings (SSSR count). The van der Waals surface area contributed by atoms with Crippen LogP contribution in [0.2, 0.25) is 0 Å². The van der Waals surface area contributed by atoms with Gasteiger partial charge in [0.25, 0.3) is 5.69 Å². The van der Waals surface area contributed by atoms with E-state index in [9.17, 15) is 24.8 Å². The van der Waals surface area contributed by atoms with E-state index in [4.69, 9.17) is 0 Å². The van der Waals surface area contributed by atoms with E-state index in [1.165, 1.54) is 18.2 Å². The minimum absolute atomic E-state index is 0.106. The number of benzene rings is 1. The third-order valence-electron chi connectivity index (χ3n) is 4.35. The van der Waals surface area contributed by atoms with Crippen molar-refractivity contribution in [2.75, 3.05) is 5.32 Å². The Morgan fingerprint density at radius 1 is 1.22 bits per heavy atom. The quantitative estimate of drug-likeness (QED) is 0.491. The van der Waals surface area contributed by atoms with Crippen LogP contribution in [-0.2, 0) is 9.59 Å². The molecule has 1 aliphatic carbocycles. The Kier molecular flexibility index (Phi) is 5.31.